The van der Waals surface area contributed by atoms with Gasteiger partial charge in [0.2, 0.25) is 0 Å². The van der Waals surface area contributed by atoms with Crippen molar-refractivity contribution >= 4 is 0 Å². The van der Waals surface area contributed by atoms with Crippen LogP contribution in [0.2, 0.25) is 0 Å². The third-order valence-electron chi connectivity index (χ3n) is 5.27. The van der Waals surface area contributed by atoms with E-state index in [2.05, 4.69) is 44.8 Å². The van der Waals surface area contributed by atoms with Crippen LogP contribution in [0, 0.1) is 5.92 Å². The van der Waals surface area contributed by atoms with Crippen molar-refractivity contribution in [2.75, 3.05) is 13.1 Å². The molecule has 1 aliphatic carbocycles. The Morgan fingerprint density at radius 1 is 1.05 bits per heavy atom. The molecule has 126 valence electrons. The average Bonchev–Trinajstić information content (AvgIpc) is 2.49. The quantitative estimate of drug-likeness (QED) is 0.581. The number of hydrogen-bond donors (Lipinski definition) is 1. The van der Waals surface area contributed by atoms with Gasteiger partial charge in [0.05, 0.1) is 0 Å². The van der Waals surface area contributed by atoms with Crippen LogP contribution < -0.4 is 5.32 Å². The lowest BCUT2D eigenvalue weighted by Gasteiger charge is -2.45. The van der Waals surface area contributed by atoms with Gasteiger partial charge in [0, 0.05) is 18.1 Å². The number of hydrogen-bond acceptors (Lipinski definition) is 2. The summed E-state index contributed by atoms with van der Waals surface area (Å²) < 4.78 is 0. The molecular formula is C19H40N2. The van der Waals surface area contributed by atoms with Gasteiger partial charge in [0.15, 0.2) is 0 Å². The lowest BCUT2D eigenvalue weighted by Crippen LogP contribution is -2.55. The van der Waals surface area contributed by atoms with Gasteiger partial charge in [-0.3, -0.25) is 4.90 Å². The summed E-state index contributed by atoms with van der Waals surface area (Å²) in [5.74, 6) is 0.946. The maximum atomic E-state index is 3.85. The summed E-state index contributed by atoms with van der Waals surface area (Å²) in [6.07, 6.45) is 10.9. The van der Waals surface area contributed by atoms with Crippen LogP contribution in [0.3, 0.4) is 0 Å². The third kappa shape index (κ3) is 6.28. The lowest BCUT2D eigenvalue weighted by atomic mass is 9.79. The molecule has 2 nitrogen and oxygen atoms in total. The second-order valence-electron chi connectivity index (χ2n) is 7.25. The second kappa shape index (κ2) is 10.6. The van der Waals surface area contributed by atoms with Crippen LogP contribution in [-0.4, -0.2) is 36.1 Å². The maximum Gasteiger partial charge on any atom is 0.0254 e. The van der Waals surface area contributed by atoms with E-state index >= 15 is 0 Å². The largest absolute Gasteiger partial charge is 0.312 e. The minimum absolute atomic E-state index is 0.674. The van der Waals surface area contributed by atoms with Crippen LogP contribution in [0.5, 0.6) is 0 Å². The lowest BCUT2D eigenvalue weighted by molar-refractivity contribution is 0.0686. The van der Waals surface area contributed by atoms with E-state index in [0.29, 0.717) is 6.04 Å². The van der Waals surface area contributed by atoms with Crippen molar-refractivity contribution in [2.45, 2.75) is 104 Å². The Hall–Kier alpha value is -0.0800. The Kier molecular flexibility index (Phi) is 9.59. The standard InChI is InChI=1S/C19H40N2/c1-6-9-10-14-21(16(4)5)19-15-17(8-3)11-12-18(19)20-13-7-2/h16-20H,6-15H2,1-5H3. The zero-order valence-electron chi connectivity index (χ0n) is 15.3. The van der Waals surface area contributed by atoms with E-state index in [-0.39, 0.29) is 0 Å². The van der Waals surface area contributed by atoms with Crippen LogP contribution in [0.15, 0.2) is 0 Å². The zero-order valence-corrected chi connectivity index (χ0v) is 15.3. The molecule has 1 fully saturated rings. The van der Waals surface area contributed by atoms with Gasteiger partial charge >= 0.3 is 0 Å². The van der Waals surface area contributed by atoms with Crippen LogP contribution in [0.1, 0.15) is 86.0 Å². The molecule has 1 saturated carbocycles. The van der Waals surface area contributed by atoms with Gasteiger partial charge in [-0.05, 0) is 65.0 Å². The molecule has 0 radical (unpaired) electrons. The first-order chi connectivity index (χ1) is 10.1. The van der Waals surface area contributed by atoms with Gasteiger partial charge < -0.3 is 5.32 Å². The van der Waals surface area contributed by atoms with Crippen molar-refractivity contribution < 1.29 is 0 Å². The Morgan fingerprint density at radius 2 is 1.81 bits per heavy atom. The van der Waals surface area contributed by atoms with Gasteiger partial charge in [-0.15, -0.1) is 0 Å². The molecule has 0 bridgehead atoms. The van der Waals surface area contributed by atoms with E-state index in [1.807, 2.05) is 0 Å². The van der Waals surface area contributed by atoms with E-state index in [1.54, 1.807) is 0 Å². The predicted octanol–water partition coefficient (Wildman–Crippen LogP) is 4.83. The molecule has 1 aliphatic rings. The highest BCUT2D eigenvalue weighted by atomic mass is 15.2. The molecule has 2 heteroatoms. The van der Waals surface area contributed by atoms with E-state index in [4.69, 9.17) is 0 Å². The molecule has 0 aromatic heterocycles. The number of rotatable bonds is 10. The van der Waals surface area contributed by atoms with Gasteiger partial charge in [0.25, 0.3) is 0 Å². The minimum atomic E-state index is 0.674. The fourth-order valence-corrected chi connectivity index (χ4v) is 3.89. The Balaban J connectivity index is 2.69. The molecule has 1 rings (SSSR count). The highest BCUT2D eigenvalue weighted by Crippen LogP contribution is 2.31. The third-order valence-corrected chi connectivity index (χ3v) is 5.27. The van der Waals surface area contributed by atoms with Gasteiger partial charge in [0.1, 0.15) is 0 Å². The predicted molar refractivity (Wildman–Crippen MR) is 94.9 cm³/mol. The molecule has 21 heavy (non-hydrogen) atoms. The first kappa shape index (κ1) is 19.0. The highest BCUT2D eigenvalue weighted by molar-refractivity contribution is 4.92. The first-order valence-electron chi connectivity index (χ1n) is 9.63. The fraction of sp³-hybridized carbons (Fsp3) is 1.00. The number of nitrogens with one attached hydrogen (secondary N) is 1. The van der Waals surface area contributed by atoms with E-state index in [9.17, 15) is 0 Å². The van der Waals surface area contributed by atoms with Crippen LogP contribution >= 0.6 is 0 Å². The fourth-order valence-electron chi connectivity index (χ4n) is 3.89. The second-order valence-corrected chi connectivity index (χ2v) is 7.25. The van der Waals surface area contributed by atoms with Crippen molar-refractivity contribution in [3.05, 3.63) is 0 Å². The van der Waals surface area contributed by atoms with Crippen molar-refractivity contribution in [3.63, 3.8) is 0 Å². The van der Waals surface area contributed by atoms with Crippen LogP contribution in [-0.2, 0) is 0 Å². The summed E-state index contributed by atoms with van der Waals surface area (Å²) in [5.41, 5.74) is 0. The Bertz CT molecular complexity index is 252. The van der Waals surface area contributed by atoms with Crippen LogP contribution in [0.4, 0.5) is 0 Å². The molecule has 0 aliphatic heterocycles. The SMILES string of the molecule is CCCCCN(C(C)C)C1CC(CC)CCC1NCCC. The Labute approximate surface area is 134 Å². The first-order valence-corrected chi connectivity index (χ1v) is 9.63. The number of unbranched alkanes of at least 4 members (excludes halogenated alkanes) is 2. The molecule has 0 saturated heterocycles. The molecule has 0 amide bonds. The molecule has 0 heterocycles. The molecule has 1 N–H and O–H groups in total. The topological polar surface area (TPSA) is 15.3 Å². The van der Waals surface area contributed by atoms with Crippen molar-refractivity contribution in [1.29, 1.82) is 0 Å². The molecule has 0 aromatic rings. The summed E-state index contributed by atoms with van der Waals surface area (Å²) in [7, 11) is 0. The molecule has 3 atom stereocenters. The van der Waals surface area contributed by atoms with E-state index in [1.165, 1.54) is 64.5 Å². The summed E-state index contributed by atoms with van der Waals surface area (Å²) >= 11 is 0. The van der Waals surface area contributed by atoms with Gasteiger partial charge in [-0.1, -0.05) is 40.0 Å². The van der Waals surface area contributed by atoms with Gasteiger partial charge in [-0.25, -0.2) is 0 Å². The summed E-state index contributed by atoms with van der Waals surface area (Å²) in [6.45, 7) is 14.2. The number of nitrogens with zero attached hydrogens (tertiary/aromatic N) is 1. The Morgan fingerprint density at radius 3 is 2.38 bits per heavy atom. The molecule has 0 aromatic carbocycles. The molecular weight excluding hydrogens is 256 g/mol. The van der Waals surface area contributed by atoms with E-state index < -0.39 is 0 Å². The normalized spacial score (nSPS) is 26.7. The highest BCUT2D eigenvalue weighted by Gasteiger charge is 2.34. The monoisotopic (exact) mass is 296 g/mol. The van der Waals surface area contributed by atoms with Crippen molar-refractivity contribution in [2.24, 2.45) is 5.92 Å². The minimum Gasteiger partial charge on any atom is -0.312 e. The maximum absolute atomic E-state index is 3.85. The summed E-state index contributed by atoms with van der Waals surface area (Å²) in [4.78, 5) is 2.81. The summed E-state index contributed by atoms with van der Waals surface area (Å²) in [5, 5.41) is 3.85. The van der Waals surface area contributed by atoms with Crippen molar-refractivity contribution in [3.8, 4) is 0 Å². The summed E-state index contributed by atoms with van der Waals surface area (Å²) in [6, 6.07) is 2.15. The van der Waals surface area contributed by atoms with E-state index in [0.717, 1.165) is 18.0 Å². The van der Waals surface area contributed by atoms with Gasteiger partial charge in [-0.2, -0.15) is 0 Å². The smallest absolute Gasteiger partial charge is 0.0254 e. The van der Waals surface area contributed by atoms with Crippen molar-refractivity contribution in [1.82, 2.24) is 10.2 Å². The zero-order chi connectivity index (χ0) is 15.7. The molecule has 3 unspecified atom stereocenters. The average molecular weight is 297 g/mol. The molecule has 0 spiro atoms. The van der Waals surface area contributed by atoms with Crippen LogP contribution in [0.25, 0.3) is 0 Å².